The smallest absolute Gasteiger partial charge is 0.0963 e. The fraction of sp³-hybridized carbons (Fsp3) is 0.429. The summed E-state index contributed by atoms with van der Waals surface area (Å²) in [6, 6.07) is 4.58. The first-order valence-corrected chi connectivity index (χ1v) is 6.86. The highest BCUT2D eigenvalue weighted by Gasteiger charge is 2.24. The summed E-state index contributed by atoms with van der Waals surface area (Å²) in [6.45, 7) is 5.72. The van der Waals surface area contributed by atoms with E-state index in [0.717, 1.165) is 13.0 Å². The van der Waals surface area contributed by atoms with Gasteiger partial charge < -0.3 is 10.5 Å². The van der Waals surface area contributed by atoms with Gasteiger partial charge in [0.2, 0.25) is 0 Å². The maximum Gasteiger partial charge on any atom is 0.0963 e. The molecule has 1 unspecified atom stereocenters. The van der Waals surface area contributed by atoms with Gasteiger partial charge in [-0.2, -0.15) is 0 Å². The van der Waals surface area contributed by atoms with Crippen LogP contribution in [0.15, 0.2) is 12.1 Å². The average Bonchev–Trinajstić information content (AvgIpc) is 2.67. The van der Waals surface area contributed by atoms with Crippen LogP contribution in [0.1, 0.15) is 27.7 Å². The summed E-state index contributed by atoms with van der Waals surface area (Å²) in [5.74, 6) is 0. The minimum absolute atomic E-state index is 0.0922. The molecule has 1 aliphatic rings. The molecular weight excluding hydrogens is 230 g/mol. The van der Waals surface area contributed by atoms with Crippen molar-refractivity contribution in [2.24, 2.45) is 5.73 Å². The zero-order valence-corrected chi connectivity index (χ0v) is 11.1. The molecule has 0 saturated heterocycles. The first kappa shape index (κ1) is 11.2. The van der Waals surface area contributed by atoms with Gasteiger partial charge in [0.05, 0.1) is 12.7 Å². The normalized spacial score (nSPS) is 19.6. The van der Waals surface area contributed by atoms with Gasteiger partial charge >= 0.3 is 0 Å². The number of nitrogens with two attached hydrogens (primary N) is 1. The van der Waals surface area contributed by atoms with Gasteiger partial charge in [-0.1, -0.05) is 0 Å². The summed E-state index contributed by atoms with van der Waals surface area (Å²) in [5.41, 5.74) is 9.87. The van der Waals surface area contributed by atoms with Crippen LogP contribution in [0.3, 0.4) is 0 Å². The maximum atomic E-state index is 5.82. The predicted molar refractivity (Wildman–Crippen MR) is 72.8 cm³/mol. The summed E-state index contributed by atoms with van der Waals surface area (Å²) < 4.78 is 7.15. The maximum absolute atomic E-state index is 5.82. The highest BCUT2D eigenvalue weighted by Crippen LogP contribution is 2.40. The molecule has 2 aromatic rings. The molecule has 0 amide bonds. The molecule has 0 fully saturated rings. The SMILES string of the molecule is Cc1cc2sc3c(c2cc1C)C(CN)OCC3. The second-order valence-electron chi connectivity index (χ2n) is 4.72. The lowest BCUT2D eigenvalue weighted by Gasteiger charge is -2.22. The van der Waals surface area contributed by atoms with E-state index >= 15 is 0 Å². The van der Waals surface area contributed by atoms with Crippen LogP contribution in [-0.4, -0.2) is 13.2 Å². The van der Waals surface area contributed by atoms with Crippen molar-refractivity contribution in [3.05, 3.63) is 33.7 Å². The molecule has 1 aromatic heterocycles. The van der Waals surface area contributed by atoms with Crippen molar-refractivity contribution in [2.45, 2.75) is 26.4 Å². The molecule has 0 saturated carbocycles. The number of benzene rings is 1. The van der Waals surface area contributed by atoms with Crippen molar-refractivity contribution in [1.82, 2.24) is 0 Å². The Balaban J connectivity index is 2.29. The van der Waals surface area contributed by atoms with Crippen LogP contribution in [0.4, 0.5) is 0 Å². The van der Waals surface area contributed by atoms with E-state index in [2.05, 4.69) is 26.0 Å². The van der Waals surface area contributed by atoms with E-state index in [0.29, 0.717) is 6.54 Å². The number of ether oxygens (including phenoxy) is 1. The Morgan fingerprint density at radius 1 is 1.35 bits per heavy atom. The molecule has 0 bridgehead atoms. The monoisotopic (exact) mass is 247 g/mol. The molecule has 1 aromatic carbocycles. The van der Waals surface area contributed by atoms with E-state index in [1.165, 1.54) is 31.7 Å². The van der Waals surface area contributed by atoms with Crippen molar-refractivity contribution >= 4 is 21.4 Å². The Morgan fingerprint density at radius 3 is 2.88 bits per heavy atom. The third-order valence-electron chi connectivity index (χ3n) is 3.60. The summed E-state index contributed by atoms with van der Waals surface area (Å²) in [6.07, 6.45) is 1.12. The number of rotatable bonds is 1. The number of hydrogen-bond acceptors (Lipinski definition) is 3. The highest BCUT2D eigenvalue weighted by molar-refractivity contribution is 7.19. The van der Waals surface area contributed by atoms with Gasteiger partial charge in [-0.25, -0.2) is 0 Å². The standard InChI is InChI=1S/C14H17NOS/c1-8-5-10-13(6-9(8)2)17-12-3-4-16-11(7-15)14(10)12/h5-6,11H,3-4,7,15H2,1-2H3. The Kier molecular flexibility index (Phi) is 2.69. The van der Waals surface area contributed by atoms with Crippen LogP contribution < -0.4 is 5.73 Å². The third kappa shape index (κ3) is 1.69. The number of hydrogen-bond donors (Lipinski definition) is 1. The molecule has 0 spiro atoms. The van der Waals surface area contributed by atoms with Crippen molar-refractivity contribution < 1.29 is 4.74 Å². The lowest BCUT2D eigenvalue weighted by Crippen LogP contribution is -2.21. The third-order valence-corrected chi connectivity index (χ3v) is 4.83. The van der Waals surface area contributed by atoms with E-state index in [1.807, 2.05) is 11.3 Å². The van der Waals surface area contributed by atoms with Gasteiger partial charge in [0, 0.05) is 28.1 Å². The van der Waals surface area contributed by atoms with Gasteiger partial charge in [0.1, 0.15) is 0 Å². The Bertz CT molecular complexity index is 573. The fourth-order valence-electron chi connectivity index (χ4n) is 2.52. The molecule has 3 heteroatoms. The fourth-order valence-corrected chi connectivity index (χ4v) is 3.84. The Morgan fingerprint density at radius 2 is 2.12 bits per heavy atom. The molecule has 90 valence electrons. The first-order chi connectivity index (χ1) is 8.20. The molecular formula is C14H17NOS. The lowest BCUT2D eigenvalue weighted by molar-refractivity contribution is 0.0508. The van der Waals surface area contributed by atoms with Crippen LogP contribution in [0.25, 0.3) is 10.1 Å². The highest BCUT2D eigenvalue weighted by atomic mass is 32.1. The number of aryl methyl sites for hydroxylation is 2. The van der Waals surface area contributed by atoms with Crippen molar-refractivity contribution in [2.75, 3.05) is 13.2 Å². The van der Waals surface area contributed by atoms with E-state index in [9.17, 15) is 0 Å². The molecule has 1 atom stereocenters. The van der Waals surface area contributed by atoms with Crippen LogP contribution in [-0.2, 0) is 11.2 Å². The van der Waals surface area contributed by atoms with Gasteiger partial charge in [-0.15, -0.1) is 11.3 Å². The summed E-state index contributed by atoms with van der Waals surface area (Å²) >= 11 is 1.91. The molecule has 0 aliphatic carbocycles. The molecule has 0 radical (unpaired) electrons. The minimum Gasteiger partial charge on any atom is -0.372 e. The number of thiophene rings is 1. The van der Waals surface area contributed by atoms with Crippen molar-refractivity contribution in [3.63, 3.8) is 0 Å². The van der Waals surface area contributed by atoms with E-state index in [-0.39, 0.29) is 6.10 Å². The molecule has 2 N–H and O–H groups in total. The minimum atomic E-state index is 0.0922. The van der Waals surface area contributed by atoms with Crippen LogP contribution in [0.5, 0.6) is 0 Å². The van der Waals surface area contributed by atoms with Crippen LogP contribution >= 0.6 is 11.3 Å². The van der Waals surface area contributed by atoms with E-state index in [1.54, 1.807) is 0 Å². The summed E-state index contributed by atoms with van der Waals surface area (Å²) in [5, 5.41) is 1.35. The molecule has 17 heavy (non-hydrogen) atoms. The van der Waals surface area contributed by atoms with Crippen LogP contribution in [0, 0.1) is 13.8 Å². The zero-order valence-electron chi connectivity index (χ0n) is 10.2. The second-order valence-corrected chi connectivity index (χ2v) is 5.85. The lowest BCUT2D eigenvalue weighted by atomic mass is 9.99. The molecule has 2 heterocycles. The van der Waals surface area contributed by atoms with Gasteiger partial charge in [-0.3, -0.25) is 0 Å². The zero-order chi connectivity index (χ0) is 12.0. The predicted octanol–water partition coefficient (Wildman–Crippen LogP) is 3.09. The van der Waals surface area contributed by atoms with Crippen LogP contribution in [0.2, 0.25) is 0 Å². The number of fused-ring (bicyclic) bond motifs is 3. The Hall–Kier alpha value is -0.900. The topological polar surface area (TPSA) is 35.2 Å². The van der Waals surface area contributed by atoms with Gasteiger partial charge in [-0.05, 0) is 42.5 Å². The van der Waals surface area contributed by atoms with E-state index < -0.39 is 0 Å². The van der Waals surface area contributed by atoms with Crippen molar-refractivity contribution in [3.8, 4) is 0 Å². The largest absolute Gasteiger partial charge is 0.372 e. The van der Waals surface area contributed by atoms with E-state index in [4.69, 9.17) is 10.5 Å². The van der Waals surface area contributed by atoms with Gasteiger partial charge in [0.15, 0.2) is 0 Å². The molecule has 2 nitrogen and oxygen atoms in total. The summed E-state index contributed by atoms with van der Waals surface area (Å²) in [4.78, 5) is 1.46. The first-order valence-electron chi connectivity index (χ1n) is 6.05. The molecule has 3 rings (SSSR count). The van der Waals surface area contributed by atoms with Gasteiger partial charge in [0.25, 0.3) is 0 Å². The summed E-state index contributed by atoms with van der Waals surface area (Å²) in [7, 11) is 0. The average molecular weight is 247 g/mol. The quantitative estimate of drug-likeness (QED) is 0.840. The Labute approximate surface area is 105 Å². The molecule has 1 aliphatic heterocycles. The van der Waals surface area contributed by atoms with Crippen molar-refractivity contribution in [1.29, 1.82) is 0 Å². The second kappa shape index (κ2) is 4.09.